The number of carboxylic acids is 1. The lowest BCUT2D eigenvalue weighted by molar-refractivity contribution is -0.139. The van der Waals surface area contributed by atoms with E-state index in [1.807, 2.05) is 0 Å². The molecule has 1 atom stereocenters. The van der Waals surface area contributed by atoms with Gasteiger partial charge in [-0.2, -0.15) is 0 Å². The second-order valence-electron chi connectivity index (χ2n) is 6.85. The largest absolute Gasteiger partial charge is 0.481 e. The van der Waals surface area contributed by atoms with E-state index in [0.29, 0.717) is 13.2 Å². The van der Waals surface area contributed by atoms with Crippen molar-refractivity contribution in [2.24, 2.45) is 11.3 Å². The number of rotatable bonds is 6. The van der Waals surface area contributed by atoms with Gasteiger partial charge in [-0.05, 0) is 30.7 Å². The maximum absolute atomic E-state index is 13.9. The summed E-state index contributed by atoms with van der Waals surface area (Å²) in [4.78, 5) is 25.1. The van der Waals surface area contributed by atoms with Gasteiger partial charge in [-0.3, -0.25) is 9.59 Å². The molecule has 1 aromatic rings. The smallest absolute Gasteiger partial charge is 0.305 e. The van der Waals surface area contributed by atoms with E-state index in [1.165, 1.54) is 17.0 Å². The van der Waals surface area contributed by atoms with Crippen LogP contribution in [0.4, 0.5) is 8.78 Å². The summed E-state index contributed by atoms with van der Waals surface area (Å²) >= 11 is 0. The van der Waals surface area contributed by atoms with Crippen LogP contribution in [0.1, 0.15) is 31.2 Å². The molecule has 1 aromatic carbocycles. The molecule has 136 valence electrons. The highest BCUT2D eigenvalue weighted by molar-refractivity contribution is 5.83. The van der Waals surface area contributed by atoms with E-state index in [4.69, 9.17) is 9.84 Å². The van der Waals surface area contributed by atoms with Crippen molar-refractivity contribution in [1.82, 2.24) is 4.90 Å². The lowest BCUT2D eigenvalue weighted by atomic mass is 9.93. The van der Waals surface area contributed by atoms with Crippen LogP contribution in [0.2, 0.25) is 0 Å². The number of benzene rings is 1. The lowest BCUT2D eigenvalue weighted by Crippen LogP contribution is -2.36. The Morgan fingerprint density at radius 3 is 2.68 bits per heavy atom. The Morgan fingerprint density at radius 1 is 1.28 bits per heavy atom. The molecule has 2 aliphatic rings. The van der Waals surface area contributed by atoms with E-state index < -0.39 is 17.6 Å². The summed E-state index contributed by atoms with van der Waals surface area (Å²) in [6.45, 7) is 1.10. The van der Waals surface area contributed by atoms with Crippen molar-refractivity contribution in [2.45, 2.75) is 32.2 Å². The number of nitrogens with zero attached hydrogens (tertiary/aromatic N) is 1. The van der Waals surface area contributed by atoms with Crippen molar-refractivity contribution >= 4 is 11.9 Å². The van der Waals surface area contributed by atoms with Gasteiger partial charge >= 0.3 is 5.97 Å². The van der Waals surface area contributed by atoms with E-state index in [9.17, 15) is 18.4 Å². The van der Waals surface area contributed by atoms with Gasteiger partial charge in [0.25, 0.3) is 0 Å². The first-order valence-corrected chi connectivity index (χ1v) is 8.44. The molecule has 0 radical (unpaired) electrons. The van der Waals surface area contributed by atoms with Gasteiger partial charge in [0.2, 0.25) is 5.91 Å². The number of carboxylic acid groups (broad SMARTS) is 1. The van der Waals surface area contributed by atoms with Crippen LogP contribution < -0.4 is 0 Å². The maximum atomic E-state index is 13.9. The molecule has 2 fully saturated rings. The highest BCUT2D eigenvalue weighted by atomic mass is 19.2. The summed E-state index contributed by atoms with van der Waals surface area (Å²) in [5.41, 5.74) is -0.00230. The first-order valence-electron chi connectivity index (χ1n) is 8.44. The third kappa shape index (κ3) is 3.81. The van der Waals surface area contributed by atoms with E-state index in [1.54, 1.807) is 0 Å². The summed E-state index contributed by atoms with van der Waals surface area (Å²) in [7, 11) is 0. The highest BCUT2D eigenvalue weighted by Crippen LogP contribution is 2.59. The van der Waals surface area contributed by atoms with Crippen LogP contribution in [0.5, 0.6) is 0 Å². The monoisotopic (exact) mass is 353 g/mol. The average molecular weight is 353 g/mol. The van der Waals surface area contributed by atoms with Gasteiger partial charge in [-0.1, -0.05) is 12.1 Å². The number of hydrogen-bond acceptors (Lipinski definition) is 3. The predicted molar refractivity (Wildman–Crippen MR) is 84.6 cm³/mol. The molecule has 0 aromatic heterocycles. The van der Waals surface area contributed by atoms with E-state index in [2.05, 4.69) is 0 Å². The minimum absolute atomic E-state index is 0.0206. The zero-order valence-electron chi connectivity index (χ0n) is 13.8. The van der Waals surface area contributed by atoms with Crippen LogP contribution in [0.3, 0.4) is 0 Å². The van der Waals surface area contributed by atoms with Crippen molar-refractivity contribution in [3.05, 3.63) is 35.4 Å². The summed E-state index contributed by atoms with van der Waals surface area (Å²) in [6.07, 6.45) is 2.14. The Hall–Kier alpha value is -2.02. The molecule has 7 heteroatoms. The first-order chi connectivity index (χ1) is 11.9. The van der Waals surface area contributed by atoms with Crippen LogP contribution in [0, 0.1) is 23.0 Å². The molecule has 3 rings (SSSR count). The Labute approximate surface area is 144 Å². The number of ether oxygens (including phenoxy) is 1. The molecular weight excluding hydrogens is 332 g/mol. The number of carbonyl (C=O) groups is 2. The van der Waals surface area contributed by atoms with Crippen molar-refractivity contribution in [2.75, 3.05) is 19.8 Å². The molecule has 0 bridgehead atoms. The fourth-order valence-corrected chi connectivity index (χ4v) is 3.62. The first kappa shape index (κ1) is 17.8. The lowest BCUT2D eigenvalue weighted by Gasteiger charge is -2.26. The van der Waals surface area contributed by atoms with Crippen LogP contribution in [-0.2, 0) is 20.9 Å². The summed E-state index contributed by atoms with van der Waals surface area (Å²) in [5, 5.41) is 8.92. The van der Waals surface area contributed by atoms with Crippen molar-refractivity contribution in [3.63, 3.8) is 0 Å². The minimum Gasteiger partial charge on any atom is -0.481 e. The predicted octanol–water partition coefficient (Wildman–Crippen LogP) is 2.58. The van der Waals surface area contributed by atoms with E-state index in [0.717, 1.165) is 25.3 Å². The van der Waals surface area contributed by atoms with Gasteiger partial charge in [0.1, 0.15) is 0 Å². The average Bonchev–Trinajstić information content (AvgIpc) is 3.28. The minimum atomic E-state index is -1.03. The third-order valence-corrected chi connectivity index (χ3v) is 5.28. The van der Waals surface area contributed by atoms with Crippen LogP contribution in [0.15, 0.2) is 18.2 Å². The molecule has 1 aliphatic carbocycles. The van der Waals surface area contributed by atoms with Gasteiger partial charge in [0.15, 0.2) is 11.6 Å². The zero-order chi connectivity index (χ0) is 18.0. The Balaban J connectivity index is 1.74. The van der Waals surface area contributed by atoms with Crippen LogP contribution in [0.25, 0.3) is 0 Å². The molecule has 1 heterocycles. The summed E-state index contributed by atoms with van der Waals surface area (Å²) in [5.74, 6) is -3.36. The second kappa shape index (κ2) is 7.07. The Morgan fingerprint density at radius 2 is 2.00 bits per heavy atom. The summed E-state index contributed by atoms with van der Waals surface area (Å²) in [6, 6.07) is 3.81. The molecular formula is C18H21F2NO4. The van der Waals surface area contributed by atoms with E-state index in [-0.39, 0.29) is 42.3 Å². The number of hydrogen-bond donors (Lipinski definition) is 1. The third-order valence-electron chi connectivity index (χ3n) is 5.28. The van der Waals surface area contributed by atoms with Crippen LogP contribution in [-0.4, -0.2) is 41.6 Å². The zero-order valence-corrected chi connectivity index (χ0v) is 13.8. The number of carbonyl (C=O) groups excluding carboxylic acids is 1. The number of halogens is 2. The van der Waals surface area contributed by atoms with Gasteiger partial charge in [-0.25, -0.2) is 8.78 Å². The number of amides is 1. The molecule has 1 amide bonds. The van der Waals surface area contributed by atoms with Crippen LogP contribution >= 0.6 is 0 Å². The van der Waals surface area contributed by atoms with Gasteiger partial charge in [0, 0.05) is 37.8 Å². The quantitative estimate of drug-likeness (QED) is 0.854. The maximum Gasteiger partial charge on any atom is 0.305 e. The fourth-order valence-electron chi connectivity index (χ4n) is 3.62. The van der Waals surface area contributed by atoms with Gasteiger partial charge in [-0.15, -0.1) is 0 Å². The van der Waals surface area contributed by atoms with E-state index >= 15 is 0 Å². The van der Waals surface area contributed by atoms with Crippen molar-refractivity contribution < 1.29 is 28.2 Å². The molecule has 1 aliphatic heterocycles. The SMILES string of the molecule is O=C(O)CCN(Cc1cccc(F)c1F)C(=O)C1CC12CCOCC2. The Bertz CT molecular complexity index is 673. The van der Waals surface area contributed by atoms with Crippen molar-refractivity contribution in [3.8, 4) is 0 Å². The molecule has 1 spiro atoms. The van der Waals surface area contributed by atoms with Crippen molar-refractivity contribution in [1.29, 1.82) is 0 Å². The standard InChI is InChI=1S/C18H21F2NO4/c19-14-3-1-2-12(16(14)20)11-21(7-4-15(22)23)17(24)13-10-18(13)5-8-25-9-6-18/h1-3,13H,4-11H2,(H,22,23). The normalized spacial score (nSPS) is 21.1. The van der Waals surface area contributed by atoms with Gasteiger partial charge in [0.05, 0.1) is 6.42 Å². The molecule has 1 saturated carbocycles. The topological polar surface area (TPSA) is 66.8 Å². The second-order valence-corrected chi connectivity index (χ2v) is 6.85. The molecule has 1 saturated heterocycles. The molecule has 25 heavy (non-hydrogen) atoms. The Kier molecular flexibility index (Phi) is 5.03. The molecule has 1 unspecified atom stereocenters. The molecule has 5 nitrogen and oxygen atoms in total. The molecule has 1 N–H and O–H groups in total. The van der Waals surface area contributed by atoms with Gasteiger partial charge < -0.3 is 14.7 Å². The highest BCUT2D eigenvalue weighted by Gasteiger charge is 2.58. The summed E-state index contributed by atoms with van der Waals surface area (Å²) < 4.78 is 32.7. The number of aliphatic carboxylic acids is 1. The fraction of sp³-hybridized carbons (Fsp3) is 0.556.